The van der Waals surface area contributed by atoms with Crippen LogP contribution in [0.2, 0.25) is 0 Å². The Morgan fingerprint density at radius 2 is 2.00 bits per heavy atom. The molecule has 2 aliphatic heterocycles. The van der Waals surface area contributed by atoms with Crippen molar-refractivity contribution in [3.63, 3.8) is 0 Å². The van der Waals surface area contributed by atoms with Crippen molar-refractivity contribution in [2.75, 3.05) is 6.54 Å². The van der Waals surface area contributed by atoms with Crippen LogP contribution in [-0.2, 0) is 20.7 Å². The molecule has 0 bridgehead atoms. The topological polar surface area (TPSA) is 80.0 Å². The molecule has 2 aliphatic rings. The van der Waals surface area contributed by atoms with Gasteiger partial charge in [-0.05, 0) is 44.2 Å². The van der Waals surface area contributed by atoms with Crippen LogP contribution in [0.4, 0.5) is 0 Å². The molecule has 3 heterocycles. The van der Waals surface area contributed by atoms with E-state index >= 15 is 0 Å². The monoisotopic (exact) mass is 321 g/mol. The van der Waals surface area contributed by atoms with Gasteiger partial charge in [-0.15, -0.1) is 0 Å². The highest BCUT2D eigenvalue weighted by Gasteiger charge is 2.40. The zero-order valence-corrected chi connectivity index (χ0v) is 13.4. The lowest BCUT2D eigenvalue weighted by molar-refractivity contribution is -0.156. The molecule has 1 aromatic rings. The molecule has 3 atom stereocenters. The van der Waals surface area contributed by atoms with Gasteiger partial charge >= 0.3 is 5.97 Å². The number of carboxylic acid groups (broad SMARTS) is 1. The third kappa shape index (κ3) is 3.27. The molecule has 3 rings (SSSR count). The Morgan fingerprint density at radius 1 is 1.22 bits per heavy atom. The summed E-state index contributed by atoms with van der Waals surface area (Å²) in [6, 6.07) is 3.84. The van der Waals surface area contributed by atoms with Gasteiger partial charge in [-0.3, -0.25) is 4.79 Å². The normalized spacial score (nSPS) is 28.0. The van der Waals surface area contributed by atoms with E-state index in [1.54, 1.807) is 0 Å². The van der Waals surface area contributed by atoms with Crippen LogP contribution in [0, 0.1) is 0 Å². The molecule has 0 radical (unpaired) electrons. The number of piperidine rings is 1. The van der Waals surface area contributed by atoms with Crippen LogP contribution < -0.4 is 0 Å². The number of carbonyl (C=O) groups is 2. The van der Waals surface area contributed by atoms with E-state index in [4.69, 9.17) is 14.3 Å². The lowest BCUT2D eigenvalue weighted by Gasteiger charge is -2.36. The quantitative estimate of drug-likeness (QED) is 0.922. The zero-order chi connectivity index (χ0) is 16.4. The van der Waals surface area contributed by atoms with E-state index < -0.39 is 18.2 Å². The molecule has 6 nitrogen and oxygen atoms in total. The van der Waals surface area contributed by atoms with E-state index in [-0.39, 0.29) is 11.9 Å². The molecule has 23 heavy (non-hydrogen) atoms. The number of ether oxygens (including phenoxy) is 1. The highest BCUT2D eigenvalue weighted by molar-refractivity contribution is 5.83. The number of carbonyl (C=O) groups excluding carboxylic acids is 1. The first-order valence-electron chi connectivity index (χ1n) is 8.37. The van der Waals surface area contributed by atoms with Crippen molar-refractivity contribution in [1.82, 2.24) is 4.90 Å². The second kappa shape index (κ2) is 6.74. The smallest absolute Gasteiger partial charge is 0.332 e. The van der Waals surface area contributed by atoms with Gasteiger partial charge in [0.1, 0.15) is 17.6 Å². The maximum atomic E-state index is 12.8. The van der Waals surface area contributed by atoms with Crippen LogP contribution in [0.15, 0.2) is 16.5 Å². The van der Waals surface area contributed by atoms with Gasteiger partial charge in [-0.1, -0.05) is 6.92 Å². The number of carboxylic acids is 1. The summed E-state index contributed by atoms with van der Waals surface area (Å²) in [6.45, 7) is 2.70. The predicted molar refractivity (Wildman–Crippen MR) is 81.9 cm³/mol. The molecule has 1 N–H and O–H groups in total. The Labute approximate surface area is 135 Å². The number of likely N-dealkylation sites (tertiary alicyclic amines) is 1. The molecule has 0 aromatic carbocycles. The molecule has 0 saturated carbocycles. The number of rotatable bonds is 4. The van der Waals surface area contributed by atoms with Crippen LogP contribution in [0.3, 0.4) is 0 Å². The Morgan fingerprint density at radius 3 is 2.65 bits per heavy atom. The van der Waals surface area contributed by atoms with Crippen LogP contribution in [0.5, 0.6) is 0 Å². The molecular weight excluding hydrogens is 298 g/mol. The minimum atomic E-state index is -0.992. The van der Waals surface area contributed by atoms with Crippen molar-refractivity contribution in [3.05, 3.63) is 23.7 Å². The third-order valence-corrected chi connectivity index (χ3v) is 4.72. The first-order chi connectivity index (χ1) is 11.1. The van der Waals surface area contributed by atoms with Gasteiger partial charge in [0.15, 0.2) is 6.10 Å². The average Bonchev–Trinajstić information content (AvgIpc) is 3.23. The lowest BCUT2D eigenvalue weighted by atomic mass is 9.99. The summed E-state index contributed by atoms with van der Waals surface area (Å²) < 4.78 is 11.3. The molecule has 2 fully saturated rings. The maximum absolute atomic E-state index is 12.8. The van der Waals surface area contributed by atoms with Gasteiger partial charge in [-0.25, -0.2) is 4.79 Å². The summed E-state index contributed by atoms with van der Waals surface area (Å²) in [5.41, 5.74) is 0. The van der Waals surface area contributed by atoms with E-state index in [0.717, 1.165) is 37.2 Å². The van der Waals surface area contributed by atoms with E-state index in [1.165, 1.54) is 0 Å². The van der Waals surface area contributed by atoms with Gasteiger partial charge < -0.3 is 19.2 Å². The van der Waals surface area contributed by atoms with Crippen molar-refractivity contribution < 1.29 is 23.8 Å². The van der Waals surface area contributed by atoms with Gasteiger partial charge in [0, 0.05) is 13.0 Å². The van der Waals surface area contributed by atoms with E-state index in [1.807, 2.05) is 24.0 Å². The summed E-state index contributed by atoms with van der Waals surface area (Å²) in [5, 5.41) is 9.02. The second-order valence-corrected chi connectivity index (χ2v) is 6.23. The van der Waals surface area contributed by atoms with E-state index in [0.29, 0.717) is 19.4 Å². The molecule has 0 aliphatic carbocycles. The minimum Gasteiger partial charge on any atom is -0.479 e. The van der Waals surface area contributed by atoms with Crippen LogP contribution in [0.1, 0.15) is 56.6 Å². The van der Waals surface area contributed by atoms with Crippen molar-refractivity contribution in [1.29, 1.82) is 0 Å². The van der Waals surface area contributed by atoms with Crippen molar-refractivity contribution in [2.45, 2.75) is 63.7 Å². The molecular formula is C17H23NO5. The average molecular weight is 321 g/mol. The Bertz CT molecular complexity index is 581. The number of aryl methyl sites for hydroxylation is 1. The number of aliphatic carboxylic acids is 1. The van der Waals surface area contributed by atoms with Crippen molar-refractivity contribution in [2.24, 2.45) is 0 Å². The molecule has 6 heteroatoms. The zero-order valence-electron chi connectivity index (χ0n) is 13.4. The summed E-state index contributed by atoms with van der Waals surface area (Å²) in [6.07, 6.45) is 3.07. The molecule has 2 saturated heterocycles. The standard InChI is InChI=1S/C17H23NO5/c1-2-11-6-7-13(22-11)12-5-3-4-10-18(12)16(19)14-8-9-15(23-14)17(20)21/h6-7,12,14-15H,2-5,8-10H2,1H3,(H,20,21)/t12?,14-,15+/m0/s1. The van der Waals surface area contributed by atoms with Gasteiger partial charge in [0.2, 0.25) is 0 Å². The Balaban J connectivity index is 1.73. The van der Waals surface area contributed by atoms with Gasteiger partial charge in [0.25, 0.3) is 5.91 Å². The van der Waals surface area contributed by atoms with Crippen molar-refractivity contribution in [3.8, 4) is 0 Å². The number of hydrogen-bond acceptors (Lipinski definition) is 4. The van der Waals surface area contributed by atoms with Crippen LogP contribution in [-0.4, -0.2) is 40.6 Å². The molecule has 1 aromatic heterocycles. The summed E-state index contributed by atoms with van der Waals surface area (Å²) in [4.78, 5) is 25.6. The number of hydrogen-bond donors (Lipinski definition) is 1. The Hall–Kier alpha value is -1.82. The fourth-order valence-corrected chi connectivity index (χ4v) is 3.44. The van der Waals surface area contributed by atoms with Gasteiger partial charge in [0.05, 0.1) is 6.04 Å². The SMILES string of the molecule is CCc1ccc(C2CCCCN2C(=O)[C@@H]2CC[C@H](C(=O)O)O2)o1. The van der Waals surface area contributed by atoms with E-state index in [9.17, 15) is 9.59 Å². The number of furan rings is 1. The first-order valence-corrected chi connectivity index (χ1v) is 8.37. The predicted octanol–water partition coefficient (Wildman–Crippen LogP) is 2.53. The molecule has 0 spiro atoms. The summed E-state index contributed by atoms with van der Waals surface area (Å²) in [7, 11) is 0. The fraction of sp³-hybridized carbons (Fsp3) is 0.647. The third-order valence-electron chi connectivity index (χ3n) is 4.72. The number of amides is 1. The molecule has 126 valence electrons. The second-order valence-electron chi connectivity index (χ2n) is 6.23. The maximum Gasteiger partial charge on any atom is 0.332 e. The Kier molecular flexibility index (Phi) is 4.71. The summed E-state index contributed by atoms with van der Waals surface area (Å²) in [5.74, 6) is 0.644. The lowest BCUT2D eigenvalue weighted by Crippen LogP contribution is -2.44. The van der Waals surface area contributed by atoms with Crippen LogP contribution in [0.25, 0.3) is 0 Å². The minimum absolute atomic E-state index is 0.0657. The molecule has 1 amide bonds. The molecule has 1 unspecified atom stereocenters. The van der Waals surface area contributed by atoms with E-state index in [2.05, 4.69) is 0 Å². The number of nitrogens with zero attached hydrogens (tertiary/aromatic N) is 1. The highest BCUT2D eigenvalue weighted by atomic mass is 16.5. The fourth-order valence-electron chi connectivity index (χ4n) is 3.44. The van der Waals surface area contributed by atoms with Crippen LogP contribution >= 0.6 is 0 Å². The van der Waals surface area contributed by atoms with Crippen molar-refractivity contribution >= 4 is 11.9 Å². The first kappa shape index (κ1) is 16.1. The van der Waals surface area contributed by atoms with Gasteiger partial charge in [-0.2, -0.15) is 0 Å². The summed E-state index contributed by atoms with van der Waals surface area (Å²) >= 11 is 0. The largest absolute Gasteiger partial charge is 0.479 e. The highest BCUT2D eigenvalue weighted by Crippen LogP contribution is 2.34.